The molecule has 0 aromatic heterocycles. The van der Waals surface area contributed by atoms with Crippen LogP contribution in [-0.2, 0) is 16.7 Å². The summed E-state index contributed by atoms with van der Waals surface area (Å²) in [6.45, 7) is 12.9. The molecule has 2 rings (SSSR count). The quantitative estimate of drug-likeness (QED) is 0.897. The van der Waals surface area contributed by atoms with Gasteiger partial charge in [-0.1, -0.05) is 45.0 Å². The molecule has 1 saturated heterocycles. The number of hydrogen-bond acceptors (Lipinski definition) is 2. The lowest BCUT2D eigenvalue weighted by molar-refractivity contribution is 0.0881. The summed E-state index contributed by atoms with van der Waals surface area (Å²) >= 11 is 0. The van der Waals surface area contributed by atoms with Gasteiger partial charge in [-0.25, -0.2) is 0 Å². The lowest BCUT2D eigenvalue weighted by atomic mass is 9.86. The minimum absolute atomic E-state index is 0.114. The molecule has 19 heavy (non-hydrogen) atoms. The molecule has 2 unspecified atom stereocenters. The van der Waals surface area contributed by atoms with Crippen LogP contribution in [0, 0.1) is 0 Å². The Balaban J connectivity index is 1.97. The minimum Gasteiger partial charge on any atom is -0.377 e. The van der Waals surface area contributed by atoms with E-state index in [0.717, 1.165) is 19.6 Å². The van der Waals surface area contributed by atoms with E-state index in [1.165, 1.54) is 11.1 Å². The van der Waals surface area contributed by atoms with Gasteiger partial charge in [0.1, 0.15) is 0 Å². The molecule has 1 aromatic rings. The van der Waals surface area contributed by atoms with E-state index < -0.39 is 0 Å². The molecule has 0 aliphatic carbocycles. The van der Waals surface area contributed by atoms with Crippen molar-refractivity contribution in [2.75, 3.05) is 6.61 Å². The Kier molecular flexibility index (Phi) is 4.03. The number of benzene rings is 1. The van der Waals surface area contributed by atoms with Gasteiger partial charge in [0, 0.05) is 18.7 Å². The van der Waals surface area contributed by atoms with Crippen LogP contribution in [0.15, 0.2) is 24.3 Å². The standard InChI is InChI=1S/C17H27NO/c1-13-17(5,10-11-19-13)18-12-14-6-8-15(9-7-14)16(2,3)4/h6-9,13,18H,10-12H2,1-5H3. The molecule has 0 amide bonds. The van der Waals surface area contributed by atoms with Crippen LogP contribution in [0.1, 0.15) is 52.2 Å². The molecule has 0 spiro atoms. The van der Waals surface area contributed by atoms with Gasteiger partial charge in [0.15, 0.2) is 0 Å². The highest BCUT2D eigenvalue weighted by Gasteiger charge is 2.36. The maximum Gasteiger partial charge on any atom is 0.0726 e. The van der Waals surface area contributed by atoms with E-state index in [0.29, 0.717) is 6.10 Å². The summed E-state index contributed by atoms with van der Waals surface area (Å²) in [5, 5.41) is 3.66. The third-order valence-electron chi connectivity index (χ3n) is 4.40. The van der Waals surface area contributed by atoms with Crippen molar-refractivity contribution in [2.24, 2.45) is 0 Å². The van der Waals surface area contributed by atoms with E-state index >= 15 is 0 Å². The van der Waals surface area contributed by atoms with Gasteiger partial charge in [0.25, 0.3) is 0 Å². The van der Waals surface area contributed by atoms with E-state index in [-0.39, 0.29) is 11.0 Å². The summed E-state index contributed by atoms with van der Waals surface area (Å²) in [7, 11) is 0. The van der Waals surface area contributed by atoms with Crippen LogP contribution >= 0.6 is 0 Å². The molecular formula is C17H27NO. The molecule has 1 aromatic carbocycles. The van der Waals surface area contributed by atoms with Gasteiger partial charge in [0.05, 0.1) is 6.10 Å². The largest absolute Gasteiger partial charge is 0.377 e. The maximum absolute atomic E-state index is 5.66. The molecule has 106 valence electrons. The van der Waals surface area contributed by atoms with Gasteiger partial charge in [-0.3, -0.25) is 0 Å². The van der Waals surface area contributed by atoms with Crippen molar-refractivity contribution >= 4 is 0 Å². The topological polar surface area (TPSA) is 21.3 Å². The van der Waals surface area contributed by atoms with Crippen molar-refractivity contribution < 1.29 is 4.74 Å². The first-order chi connectivity index (χ1) is 8.81. The first kappa shape index (κ1) is 14.5. The highest BCUT2D eigenvalue weighted by Crippen LogP contribution is 2.26. The van der Waals surface area contributed by atoms with Crippen LogP contribution in [-0.4, -0.2) is 18.2 Å². The third kappa shape index (κ3) is 3.37. The zero-order valence-electron chi connectivity index (χ0n) is 12.9. The van der Waals surface area contributed by atoms with Gasteiger partial charge in [-0.2, -0.15) is 0 Å². The average Bonchev–Trinajstić information content (AvgIpc) is 2.67. The predicted molar refractivity (Wildman–Crippen MR) is 80.4 cm³/mol. The summed E-state index contributed by atoms with van der Waals surface area (Å²) in [4.78, 5) is 0. The van der Waals surface area contributed by atoms with Gasteiger partial charge in [-0.15, -0.1) is 0 Å². The van der Waals surface area contributed by atoms with Crippen molar-refractivity contribution in [1.82, 2.24) is 5.32 Å². The molecule has 0 radical (unpaired) electrons. The number of ether oxygens (including phenoxy) is 1. The van der Waals surface area contributed by atoms with Crippen molar-refractivity contribution in [1.29, 1.82) is 0 Å². The number of nitrogens with one attached hydrogen (secondary N) is 1. The molecule has 1 heterocycles. The molecule has 1 N–H and O–H groups in total. The Bertz CT molecular complexity index is 418. The van der Waals surface area contributed by atoms with Crippen molar-refractivity contribution in [2.45, 2.75) is 64.6 Å². The molecular weight excluding hydrogens is 234 g/mol. The van der Waals surface area contributed by atoms with E-state index in [1.807, 2.05) is 0 Å². The van der Waals surface area contributed by atoms with Crippen molar-refractivity contribution in [3.8, 4) is 0 Å². The highest BCUT2D eigenvalue weighted by atomic mass is 16.5. The molecule has 1 aliphatic rings. The van der Waals surface area contributed by atoms with Crippen LogP contribution in [0.5, 0.6) is 0 Å². The fraction of sp³-hybridized carbons (Fsp3) is 0.647. The number of hydrogen-bond donors (Lipinski definition) is 1. The summed E-state index contributed by atoms with van der Waals surface area (Å²) in [6, 6.07) is 8.96. The summed E-state index contributed by atoms with van der Waals surface area (Å²) in [5.74, 6) is 0. The highest BCUT2D eigenvalue weighted by molar-refractivity contribution is 5.27. The SMILES string of the molecule is CC1OCCC1(C)NCc1ccc(C(C)(C)C)cc1. The zero-order chi connectivity index (χ0) is 14.1. The van der Waals surface area contributed by atoms with Gasteiger partial charge in [-0.05, 0) is 36.8 Å². The second-order valence-electron chi connectivity index (χ2n) is 6.98. The number of rotatable bonds is 3. The maximum atomic E-state index is 5.66. The summed E-state index contributed by atoms with van der Waals surface area (Å²) < 4.78 is 5.66. The summed E-state index contributed by atoms with van der Waals surface area (Å²) in [5.41, 5.74) is 3.07. The molecule has 2 atom stereocenters. The molecule has 1 fully saturated rings. The Morgan fingerprint density at radius 2 is 1.89 bits per heavy atom. The fourth-order valence-corrected chi connectivity index (χ4v) is 2.49. The minimum atomic E-state index is 0.114. The third-order valence-corrected chi connectivity index (χ3v) is 4.40. The smallest absolute Gasteiger partial charge is 0.0726 e. The molecule has 0 saturated carbocycles. The van der Waals surface area contributed by atoms with Gasteiger partial charge < -0.3 is 10.1 Å². The Morgan fingerprint density at radius 1 is 1.26 bits per heavy atom. The van der Waals surface area contributed by atoms with Crippen LogP contribution in [0.2, 0.25) is 0 Å². The molecule has 2 nitrogen and oxygen atoms in total. The van der Waals surface area contributed by atoms with Gasteiger partial charge >= 0.3 is 0 Å². The van der Waals surface area contributed by atoms with Crippen LogP contribution in [0.4, 0.5) is 0 Å². The first-order valence-electron chi connectivity index (χ1n) is 7.27. The lowest BCUT2D eigenvalue weighted by Crippen LogP contribution is -2.47. The molecule has 0 bridgehead atoms. The van der Waals surface area contributed by atoms with E-state index in [4.69, 9.17) is 4.74 Å². The van der Waals surface area contributed by atoms with Crippen molar-refractivity contribution in [3.05, 3.63) is 35.4 Å². The first-order valence-corrected chi connectivity index (χ1v) is 7.27. The van der Waals surface area contributed by atoms with Gasteiger partial charge in [0.2, 0.25) is 0 Å². The second-order valence-corrected chi connectivity index (χ2v) is 6.98. The Labute approximate surface area is 117 Å². The average molecular weight is 261 g/mol. The normalized spacial score (nSPS) is 27.7. The van der Waals surface area contributed by atoms with E-state index in [1.54, 1.807) is 0 Å². The van der Waals surface area contributed by atoms with Crippen LogP contribution < -0.4 is 5.32 Å². The van der Waals surface area contributed by atoms with Crippen LogP contribution in [0.3, 0.4) is 0 Å². The molecule has 1 aliphatic heterocycles. The Hall–Kier alpha value is -0.860. The fourth-order valence-electron chi connectivity index (χ4n) is 2.49. The second kappa shape index (κ2) is 5.26. The van der Waals surface area contributed by atoms with E-state index in [9.17, 15) is 0 Å². The monoisotopic (exact) mass is 261 g/mol. The zero-order valence-corrected chi connectivity index (χ0v) is 12.9. The van der Waals surface area contributed by atoms with Crippen molar-refractivity contribution in [3.63, 3.8) is 0 Å². The Morgan fingerprint density at radius 3 is 2.37 bits per heavy atom. The summed E-state index contributed by atoms with van der Waals surface area (Å²) in [6.07, 6.45) is 1.38. The van der Waals surface area contributed by atoms with E-state index in [2.05, 4.69) is 64.2 Å². The molecule has 2 heteroatoms. The van der Waals surface area contributed by atoms with Crippen LogP contribution in [0.25, 0.3) is 0 Å². The predicted octanol–water partition coefficient (Wildman–Crippen LogP) is 3.64. The lowest BCUT2D eigenvalue weighted by Gasteiger charge is -2.29.